The quantitative estimate of drug-likeness (QED) is 0.668. The summed E-state index contributed by atoms with van der Waals surface area (Å²) in [6, 6.07) is 16.1. The zero-order valence-electron chi connectivity index (χ0n) is 12.2. The highest BCUT2D eigenvalue weighted by Gasteiger charge is 2.23. The van der Waals surface area contributed by atoms with Gasteiger partial charge in [0, 0.05) is 34.1 Å². The van der Waals surface area contributed by atoms with Gasteiger partial charge in [-0.05, 0) is 36.0 Å². The Kier molecular flexibility index (Phi) is 3.63. The van der Waals surface area contributed by atoms with Crippen molar-refractivity contribution >= 4 is 45.5 Å². The Hall–Kier alpha value is -2.17. The van der Waals surface area contributed by atoms with Crippen LogP contribution in [0.5, 0.6) is 0 Å². The van der Waals surface area contributed by atoms with Gasteiger partial charge in [0.15, 0.2) is 5.11 Å². The molecule has 0 aliphatic carbocycles. The number of thiocarbonyl (C=S) groups is 1. The average Bonchev–Trinajstić information content (AvgIpc) is 2.99. The Bertz CT molecular complexity index is 911. The summed E-state index contributed by atoms with van der Waals surface area (Å²) in [5.74, 6) is 0. The molecule has 0 bridgehead atoms. The SMILES string of the molecule is S=C1N=C(c2ccc(Cl)cc2)CC(c2c[nH]c3ccccc23)N1. The van der Waals surface area contributed by atoms with Crippen LogP contribution in [0.15, 0.2) is 59.7 Å². The largest absolute Gasteiger partial charge is 0.361 e. The van der Waals surface area contributed by atoms with Gasteiger partial charge in [-0.2, -0.15) is 0 Å². The number of aliphatic imine (C=N–C) groups is 1. The van der Waals surface area contributed by atoms with E-state index in [2.05, 4.69) is 39.7 Å². The molecule has 3 nitrogen and oxygen atoms in total. The second-order valence-corrected chi connectivity index (χ2v) is 6.38. The number of rotatable bonds is 2. The van der Waals surface area contributed by atoms with Gasteiger partial charge in [-0.1, -0.05) is 41.9 Å². The van der Waals surface area contributed by atoms with E-state index in [-0.39, 0.29) is 6.04 Å². The van der Waals surface area contributed by atoms with E-state index in [4.69, 9.17) is 23.8 Å². The third-order valence-electron chi connectivity index (χ3n) is 4.11. The maximum absolute atomic E-state index is 5.97. The van der Waals surface area contributed by atoms with Crippen molar-refractivity contribution in [3.63, 3.8) is 0 Å². The van der Waals surface area contributed by atoms with E-state index in [0.29, 0.717) is 5.11 Å². The van der Waals surface area contributed by atoms with Crippen LogP contribution in [0.2, 0.25) is 5.02 Å². The Morgan fingerprint density at radius 2 is 1.87 bits per heavy atom. The van der Waals surface area contributed by atoms with E-state index in [9.17, 15) is 0 Å². The number of aromatic nitrogens is 1. The first-order chi connectivity index (χ1) is 11.2. The van der Waals surface area contributed by atoms with Crippen molar-refractivity contribution in [2.45, 2.75) is 12.5 Å². The molecule has 1 aliphatic heterocycles. The molecule has 0 spiro atoms. The predicted molar refractivity (Wildman–Crippen MR) is 99.4 cm³/mol. The van der Waals surface area contributed by atoms with Crippen LogP contribution < -0.4 is 5.32 Å². The van der Waals surface area contributed by atoms with Gasteiger partial charge >= 0.3 is 0 Å². The van der Waals surface area contributed by atoms with Crippen LogP contribution in [0.4, 0.5) is 0 Å². The second kappa shape index (κ2) is 5.80. The summed E-state index contributed by atoms with van der Waals surface area (Å²) < 4.78 is 0. The van der Waals surface area contributed by atoms with Crippen molar-refractivity contribution in [2.75, 3.05) is 0 Å². The molecule has 1 aromatic heterocycles. The number of halogens is 1. The summed E-state index contributed by atoms with van der Waals surface area (Å²) in [7, 11) is 0. The summed E-state index contributed by atoms with van der Waals surface area (Å²) in [5.41, 5.74) is 4.39. The topological polar surface area (TPSA) is 40.2 Å². The lowest BCUT2D eigenvalue weighted by atomic mass is 9.96. The Balaban J connectivity index is 1.71. The molecule has 0 amide bonds. The average molecular weight is 340 g/mol. The van der Waals surface area contributed by atoms with Crippen molar-refractivity contribution in [2.24, 2.45) is 4.99 Å². The number of nitrogens with one attached hydrogen (secondary N) is 2. The zero-order valence-corrected chi connectivity index (χ0v) is 13.8. The number of benzene rings is 2. The fourth-order valence-corrected chi connectivity index (χ4v) is 3.37. The fraction of sp³-hybridized carbons (Fsp3) is 0.111. The van der Waals surface area contributed by atoms with Crippen LogP contribution in [0.3, 0.4) is 0 Å². The Morgan fingerprint density at radius 1 is 1.09 bits per heavy atom. The molecule has 5 heteroatoms. The summed E-state index contributed by atoms with van der Waals surface area (Å²) >= 11 is 11.3. The normalized spacial score (nSPS) is 17.9. The zero-order chi connectivity index (χ0) is 15.8. The van der Waals surface area contributed by atoms with Crippen LogP contribution in [-0.4, -0.2) is 15.8 Å². The molecule has 0 fully saturated rings. The maximum Gasteiger partial charge on any atom is 0.193 e. The summed E-state index contributed by atoms with van der Waals surface area (Å²) in [6.07, 6.45) is 2.83. The smallest absolute Gasteiger partial charge is 0.193 e. The number of hydrogen-bond donors (Lipinski definition) is 2. The number of fused-ring (bicyclic) bond motifs is 1. The first kappa shape index (κ1) is 14.4. The van der Waals surface area contributed by atoms with E-state index >= 15 is 0 Å². The number of hydrogen-bond acceptors (Lipinski definition) is 1. The van der Waals surface area contributed by atoms with Crippen molar-refractivity contribution in [1.29, 1.82) is 0 Å². The molecule has 114 valence electrons. The second-order valence-electron chi connectivity index (χ2n) is 5.56. The molecule has 1 unspecified atom stereocenters. The Labute approximate surface area is 144 Å². The molecule has 2 heterocycles. The third-order valence-corrected chi connectivity index (χ3v) is 4.57. The minimum Gasteiger partial charge on any atom is -0.361 e. The van der Waals surface area contributed by atoms with E-state index in [0.717, 1.165) is 28.2 Å². The van der Waals surface area contributed by atoms with Crippen molar-refractivity contribution in [3.8, 4) is 0 Å². The van der Waals surface area contributed by atoms with Gasteiger partial charge in [-0.15, -0.1) is 0 Å². The molecule has 0 radical (unpaired) electrons. The highest BCUT2D eigenvalue weighted by atomic mass is 35.5. The van der Waals surface area contributed by atoms with Crippen molar-refractivity contribution < 1.29 is 0 Å². The molecule has 0 saturated heterocycles. The maximum atomic E-state index is 5.97. The van der Waals surface area contributed by atoms with Gasteiger partial charge in [-0.25, -0.2) is 4.99 Å². The summed E-state index contributed by atoms with van der Waals surface area (Å²) in [4.78, 5) is 7.83. The lowest BCUT2D eigenvalue weighted by Gasteiger charge is -2.24. The molecule has 1 aliphatic rings. The molecule has 0 saturated carbocycles. The lowest BCUT2D eigenvalue weighted by Crippen LogP contribution is -2.33. The first-order valence-electron chi connectivity index (χ1n) is 7.41. The molecule has 23 heavy (non-hydrogen) atoms. The van der Waals surface area contributed by atoms with Crippen molar-refractivity contribution in [3.05, 3.63) is 70.9 Å². The molecule has 4 rings (SSSR count). The number of para-hydroxylation sites is 1. The highest BCUT2D eigenvalue weighted by Crippen LogP contribution is 2.29. The monoisotopic (exact) mass is 339 g/mol. The van der Waals surface area contributed by atoms with Gasteiger partial charge in [0.1, 0.15) is 0 Å². The number of aromatic amines is 1. The van der Waals surface area contributed by atoms with Crippen LogP contribution in [0, 0.1) is 0 Å². The molecular weight excluding hydrogens is 326 g/mol. The highest BCUT2D eigenvalue weighted by molar-refractivity contribution is 7.80. The number of H-pyrrole nitrogens is 1. The summed E-state index contributed by atoms with van der Waals surface area (Å²) in [5, 5.41) is 5.78. The van der Waals surface area contributed by atoms with Crippen LogP contribution in [0.1, 0.15) is 23.6 Å². The fourth-order valence-electron chi connectivity index (χ4n) is 2.99. The van der Waals surface area contributed by atoms with E-state index < -0.39 is 0 Å². The molecule has 2 N–H and O–H groups in total. The van der Waals surface area contributed by atoms with Gasteiger partial charge in [0.25, 0.3) is 0 Å². The minimum atomic E-state index is 0.113. The minimum absolute atomic E-state index is 0.113. The molecule has 1 atom stereocenters. The summed E-state index contributed by atoms with van der Waals surface area (Å²) in [6.45, 7) is 0. The van der Waals surface area contributed by atoms with Gasteiger partial charge in [0.05, 0.1) is 11.8 Å². The van der Waals surface area contributed by atoms with Gasteiger partial charge in [-0.3, -0.25) is 0 Å². The molecule has 3 aromatic rings. The van der Waals surface area contributed by atoms with Crippen LogP contribution in [-0.2, 0) is 0 Å². The van der Waals surface area contributed by atoms with E-state index in [1.54, 1.807) is 0 Å². The predicted octanol–water partition coefficient (Wildman–Crippen LogP) is 4.63. The van der Waals surface area contributed by atoms with E-state index in [1.165, 1.54) is 10.9 Å². The van der Waals surface area contributed by atoms with Gasteiger partial charge < -0.3 is 10.3 Å². The first-order valence-corrected chi connectivity index (χ1v) is 8.19. The van der Waals surface area contributed by atoms with Crippen molar-refractivity contribution in [1.82, 2.24) is 10.3 Å². The van der Waals surface area contributed by atoms with E-state index in [1.807, 2.05) is 30.3 Å². The van der Waals surface area contributed by atoms with Crippen LogP contribution >= 0.6 is 23.8 Å². The molecular formula is C18H14ClN3S. The van der Waals surface area contributed by atoms with Gasteiger partial charge in [0.2, 0.25) is 0 Å². The molecule has 2 aromatic carbocycles. The number of nitrogens with zero attached hydrogens (tertiary/aromatic N) is 1. The Morgan fingerprint density at radius 3 is 2.70 bits per heavy atom. The third kappa shape index (κ3) is 2.76. The van der Waals surface area contributed by atoms with Crippen LogP contribution in [0.25, 0.3) is 10.9 Å². The lowest BCUT2D eigenvalue weighted by molar-refractivity contribution is 0.669. The standard InChI is InChI=1S/C18H14ClN3S/c19-12-7-5-11(6-8-12)16-9-17(22-18(23)21-16)14-10-20-15-4-2-1-3-13(14)15/h1-8,10,17,20H,9H2,(H,22,23).